The van der Waals surface area contributed by atoms with E-state index in [1.165, 1.54) is 44.1 Å². The fourth-order valence-corrected chi connectivity index (χ4v) is 5.49. The normalized spacial score (nSPS) is 41.3. The summed E-state index contributed by atoms with van der Waals surface area (Å²) in [4.78, 5) is 4.27. The van der Waals surface area contributed by atoms with E-state index >= 15 is 0 Å². The minimum Gasteiger partial charge on any atom is -0.383 e. The second-order valence-electron chi connectivity index (χ2n) is 6.76. The van der Waals surface area contributed by atoms with Gasteiger partial charge in [-0.05, 0) is 67.8 Å². The van der Waals surface area contributed by atoms with Gasteiger partial charge >= 0.3 is 0 Å². The van der Waals surface area contributed by atoms with Crippen molar-refractivity contribution in [2.24, 2.45) is 17.8 Å². The molecule has 0 atom stereocenters. The van der Waals surface area contributed by atoms with Crippen LogP contribution < -0.4 is 5.73 Å². The summed E-state index contributed by atoms with van der Waals surface area (Å²) in [6, 6.07) is 4.05. The number of nitrogens with two attached hydrogens (primary N) is 1. The predicted molar refractivity (Wildman–Crippen MR) is 73.5 cm³/mol. The van der Waals surface area contributed by atoms with Crippen molar-refractivity contribution >= 4 is 17.4 Å². The second-order valence-corrected chi connectivity index (χ2v) is 7.15. The first kappa shape index (κ1) is 11.1. The molecule has 18 heavy (non-hydrogen) atoms. The quantitative estimate of drug-likeness (QED) is 0.782. The summed E-state index contributed by atoms with van der Waals surface area (Å²) < 4.78 is 0. The van der Waals surface area contributed by atoms with Crippen molar-refractivity contribution in [3.63, 3.8) is 0 Å². The van der Waals surface area contributed by atoms with Crippen LogP contribution in [0, 0.1) is 17.8 Å². The molecule has 2 N–H and O–H groups in total. The van der Waals surface area contributed by atoms with Crippen molar-refractivity contribution in [1.82, 2.24) is 4.98 Å². The lowest BCUT2D eigenvalue weighted by Crippen LogP contribution is -2.48. The minimum atomic E-state index is 0.330. The Bertz CT molecular complexity index is 462. The van der Waals surface area contributed by atoms with Gasteiger partial charge in [0.2, 0.25) is 0 Å². The fourth-order valence-electron chi connectivity index (χ4n) is 5.34. The first-order valence-corrected chi connectivity index (χ1v) is 7.45. The molecule has 0 unspecified atom stereocenters. The van der Waals surface area contributed by atoms with E-state index in [9.17, 15) is 0 Å². The van der Waals surface area contributed by atoms with Crippen molar-refractivity contribution in [3.05, 3.63) is 22.8 Å². The van der Waals surface area contributed by atoms with Crippen LogP contribution in [0.4, 0.5) is 5.82 Å². The zero-order chi connectivity index (χ0) is 12.3. The molecule has 4 saturated carbocycles. The van der Waals surface area contributed by atoms with Crippen LogP contribution in [0.3, 0.4) is 0 Å². The molecule has 0 radical (unpaired) electrons. The summed E-state index contributed by atoms with van der Waals surface area (Å²) in [5.74, 6) is 3.48. The Hall–Kier alpha value is -0.760. The zero-order valence-corrected chi connectivity index (χ0v) is 11.3. The van der Waals surface area contributed by atoms with Gasteiger partial charge in [-0.1, -0.05) is 17.7 Å². The predicted octanol–water partition coefficient (Wildman–Crippen LogP) is 3.79. The van der Waals surface area contributed by atoms with Crippen molar-refractivity contribution < 1.29 is 0 Å². The van der Waals surface area contributed by atoms with Gasteiger partial charge < -0.3 is 5.73 Å². The van der Waals surface area contributed by atoms with Crippen LogP contribution >= 0.6 is 11.6 Å². The summed E-state index contributed by atoms with van der Waals surface area (Å²) in [6.45, 7) is 0. The molecule has 96 valence electrons. The molecule has 4 aliphatic rings. The van der Waals surface area contributed by atoms with Gasteiger partial charge in [0.25, 0.3) is 0 Å². The lowest BCUT2D eigenvalue weighted by molar-refractivity contribution is -0.00495. The number of hydrogen-bond donors (Lipinski definition) is 1. The van der Waals surface area contributed by atoms with E-state index in [0.29, 0.717) is 16.4 Å². The molecule has 5 rings (SSSR count). The van der Waals surface area contributed by atoms with Crippen LogP contribution in [0.15, 0.2) is 12.1 Å². The Labute approximate surface area is 113 Å². The molecule has 1 heterocycles. The Balaban J connectivity index is 1.79. The maximum Gasteiger partial charge on any atom is 0.131 e. The molecule has 0 amide bonds. The third kappa shape index (κ3) is 1.51. The molecule has 1 aromatic rings. The number of hydrogen-bond acceptors (Lipinski definition) is 2. The van der Waals surface area contributed by atoms with Gasteiger partial charge in [0.1, 0.15) is 11.0 Å². The molecule has 1 aromatic heterocycles. The van der Waals surface area contributed by atoms with Crippen molar-refractivity contribution in [2.45, 2.75) is 43.9 Å². The summed E-state index contributed by atoms with van der Waals surface area (Å²) in [5.41, 5.74) is 7.76. The molecule has 4 aliphatic carbocycles. The van der Waals surface area contributed by atoms with Crippen LogP contribution in [0.5, 0.6) is 0 Å². The fraction of sp³-hybridized carbons (Fsp3) is 0.667. The Morgan fingerprint density at radius 1 is 1.06 bits per heavy atom. The van der Waals surface area contributed by atoms with E-state index in [1.54, 1.807) is 0 Å². The number of nitrogens with zero attached hydrogens (tertiary/aromatic N) is 1. The molecule has 2 nitrogen and oxygen atoms in total. The first-order valence-electron chi connectivity index (χ1n) is 7.07. The maximum absolute atomic E-state index is 6.15. The number of aromatic nitrogens is 1. The van der Waals surface area contributed by atoms with E-state index in [2.05, 4.69) is 11.1 Å². The second kappa shape index (κ2) is 3.63. The highest BCUT2D eigenvalue weighted by molar-refractivity contribution is 6.29. The van der Waals surface area contributed by atoms with Gasteiger partial charge in [-0.25, -0.2) is 4.98 Å². The lowest BCUT2D eigenvalue weighted by Gasteiger charge is -2.57. The number of nitrogen functional groups attached to an aromatic ring is 1. The zero-order valence-electron chi connectivity index (χ0n) is 10.5. The molecule has 0 aliphatic heterocycles. The van der Waals surface area contributed by atoms with E-state index in [4.69, 9.17) is 17.3 Å². The van der Waals surface area contributed by atoms with Gasteiger partial charge in [0, 0.05) is 5.56 Å². The molecular weight excluding hydrogens is 244 g/mol. The highest BCUT2D eigenvalue weighted by Crippen LogP contribution is 2.61. The SMILES string of the molecule is Nc1nc(Cl)ccc1C12CC3CC(CC(C3)C1)C2. The van der Waals surface area contributed by atoms with E-state index < -0.39 is 0 Å². The standard InChI is InChI=1S/C15H19ClN2/c16-13-2-1-12(14(17)18-13)15-6-9-3-10(7-15)5-11(4-9)8-15/h1-2,9-11H,3-8H2,(H2,17,18). The van der Waals surface area contributed by atoms with E-state index in [0.717, 1.165) is 17.8 Å². The highest BCUT2D eigenvalue weighted by atomic mass is 35.5. The third-order valence-electron chi connectivity index (χ3n) is 5.50. The summed E-state index contributed by atoms with van der Waals surface area (Å²) >= 11 is 5.93. The first-order chi connectivity index (χ1) is 8.64. The molecule has 0 aromatic carbocycles. The number of rotatable bonds is 1. The van der Waals surface area contributed by atoms with Crippen molar-refractivity contribution in [1.29, 1.82) is 0 Å². The van der Waals surface area contributed by atoms with Crippen molar-refractivity contribution in [3.8, 4) is 0 Å². The van der Waals surface area contributed by atoms with Crippen LogP contribution in [0.25, 0.3) is 0 Å². The number of halogens is 1. The van der Waals surface area contributed by atoms with Crippen LogP contribution in [0.2, 0.25) is 5.15 Å². The Kier molecular flexibility index (Phi) is 2.24. The van der Waals surface area contributed by atoms with Gasteiger partial charge in [0.05, 0.1) is 0 Å². The van der Waals surface area contributed by atoms with Crippen LogP contribution in [-0.4, -0.2) is 4.98 Å². The number of anilines is 1. The molecule has 4 fully saturated rings. The van der Waals surface area contributed by atoms with Gasteiger partial charge in [-0.3, -0.25) is 0 Å². The van der Waals surface area contributed by atoms with Gasteiger partial charge in [-0.2, -0.15) is 0 Å². The lowest BCUT2D eigenvalue weighted by atomic mass is 9.48. The average Bonchev–Trinajstić information content (AvgIpc) is 2.26. The molecule has 4 bridgehead atoms. The molecule has 0 saturated heterocycles. The Morgan fingerprint density at radius 3 is 2.11 bits per heavy atom. The average molecular weight is 263 g/mol. The topological polar surface area (TPSA) is 38.9 Å². The molecule has 0 spiro atoms. The number of pyridine rings is 1. The van der Waals surface area contributed by atoms with Gasteiger partial charge in [-0.15, -0.1) is 0 Å². The summed E-state index contributed by atoms with van der Waals surface area (Å²) in [6.07, 6.45) is 8.35. The van der Waals surface area contributed by atoms with Crippen LogP contribution in [0.1, 0.15) is 44.1 Å². The van der Waals surface area contributed by atoms with E-state index in [1.807, 2.05) is 6.07 Å². The largest absolute Gasteiger partial charge is 0.383 e. The summed E-state index contributed by atoms with van der Waals surface area (Å²) in [7, 11) is 0. The monoisotopic (exact) mass is 262 g/mol. The summed E-state index contributed by atoms with van der Waals surface area (Å²) in [5, 5.41) is 0.515. The van der Waals surface area contributed by atoms with E-state index in [-0.39, 0.29) is 0 Å². The molecule has 3 heteroatoms. The van der Waals surface area contributed by atoms with Crippen molar-refractivity contribution in [2.75, 3.05) is 5.73 Å². The highest BCUT2D eigenvalue weighted by Gasteiger charge is 2.52. The smallest absolute Gasteiger partial charge is 0.131 e. The minimum absolute atomic E-state index is 0.330. The van der Waals surface area contributed by atoms with Gasteiger partial charge in [0.15, 0.2) is 0 Å². The Morgan fingerprint density at radius 2 is 1.61 bits per heavy atom. The third-order valence-corrected chi connectivity index (χ3v) is 5.71. The van der Waals surface area contributed by atoms with Crippen LogP contribution in [-0.2, 0) is 5.41 Å². The molecular formula is C15H19ClN2. The maximum atomic E-state index is 6.15.